The Morgan fingerprint density at radius 2 is 1.52 bits per heavy atom. The van der Waals surface area contributed by atoms with Gasteiger partial charge in [-0.05, 0) is 36.6 Å². The van der Waals surface area contributed by atoms with E-state index < -0.39 is 6.04 Å². The number of hydrogen-bond donors (Lipinski definition) is 1. The average Bonchev–Trinajstić information content (AvgIpc) is 2.82. The summed E-state index contributed by atoms with van der Waals surface area (Å²) in [5.41, 5.74) is 3.84. The maximum atomic E-state index is 13.5. The number of nitrogens with zero attached hydrogens (tertiary/aromatic N) is 1. The van der Waals surface area contributed by atoms with Gasteiger partial charge in [-0.1, -0.05) is 89.4 Å². The molecule has 6 heteroatoms. The van der Waals surface area contributed by atoms with Crippen LogP contribution in [0.25, 0.3) is 0 Å². The Bertz CT molecular complexity index is 1060. The number of likely N-dealkylation sites (N-methyl/N-ethyl adjacent to an activating group) is 1. The Hall–Kier alpha value is -2.82. The van der Waals surface area contributed by atoms with Crippen molar-refractivity contribution >= 4 is 35.0 Å². The van der Waals surface area contributed by atoms with Crippen LogP contribution in [-0.2, 0) is 29.0 Å². The minimum absolute atomic E-state index is 0.129. The fraction of sp³-hybridized carbons (Fsp3) is 0.259. The molecule has 0 heterocycles. The maximum Gasteiger partial charge on any atom is 0.242 e. The summed E-state index contributed by atoms with van der Waals surface area (Å²) < 4.78 is 0. The number of rotatable bonds is 9. The summed E-state index contributed by atoms with van der Waals surface area (Å²) in [7, 11) is 1.58. The number of aryl methyl sites for hydroxylation is 2. The summed E-state index contributed by atoms with van der Waals surface area (Å²) in [5, 5.41) is 3.65. The normalized spacial score (nSPS) is 11.6. The van der Waals surface area contributed by atoms with Crippen molar-refractivity contribution in [3.63, 3.8) is 0 Å². The van der Waals surface area contributed by atoms with E-state index in [-0.39, 0.29) is 24.8 Å². The first-order valence-electron chi connectivity index (χ1n) is 10.9. The molecule has 0 radical (unpaired) electrons. The minimum atomic E-state index is -0.699. The maximum absolute atomic E-state index is 13.5. The number of benzene rings is 3. The number of hydrogen-bond acceptors (Lipinski definition) is 2. The van der Waals surface area contributed by atoms with Gasteiger partial charge in [-0.3, -0.25) is 9.59 Å². The molecule has 33 heavy (non-hydrogen) atoms. The van der Waals surface area contributed by atoms with E-state index in [1.54, 1.807) is 30.1 Å². The van der Waals surface area contributed by atoms with E-state index in [9.17, 15) is 9.59 Å². The van der Waals surface area contributed by atoms with Crippen LogP contribution in [0.1, 0.15) is 28.7 Å². The van der Waals surface area contributed by atoms with Crippen LogP contribution in [0.3, 0.4) is 0 Å². The van der Waals surface area contributed by atoms with E-state index in [0.29, 0.717) is 28.5 Å². The number of halogens is 2. The van der Waals surface area contributed by atoms with Crippen molar-refractivity contribution in [1.82, 2.24) is 10.2 Å². The Morgan fingerprint density at radius 3 is 2.12 bits per heavy atom. The van der Waals surface area contributed by atoms with Gasteiger partial charge in [-0.15, -0.1) is 0 Å². The molecule has 0 aliphatic rings. The number of carbonyl (C=O) groups excluding carboxylic acids is 2. The van der Waals surface area contributed by atoms with Gasteiger partial charge in [0.15, 0.2) is 0 Å². The van der Waals surface area contributed by atoms with Crippen LogP contribution in [0, 0.1) is 6.92 Å². The zero-order valence-corrected chi connectivity index (χ0v) is 20.4. The molecule has 3 aromatic rings. The first kappa shape index (κ1) is 24.8. The molecule has 0 saturated carbocycles. The van der Waals surface area contributed by atoms with Crippen LogP contribution in [0.15, 0.2) is 72.8 Å². The molecule has 1 atom stereocenters. The zero-order valence-electron chi connectivity index (χ0n) is 18.9. The largest absolute Gasteiger partial charge is 0.357 e. The highest BCUT2D eigenvalue weighted by Crippen LogP contribution is 2.27. The summed E-state index contributed by atoms with van der Waals surface area (Å²) in [4.78, 5) is 28.1. The third-order valence-corrected chi connectivity index (χ3v) is 6.36. The van der Waals surface area contributed by atoms with Gasteiger partial charge in [0.2, 0.25) is 11.8 Å². The smallest absolute Gasteiger partial charge is 0.242 e. The third-order valence-electron chi connectivity index (χ3n) is 5.66. The Balaban J connectivity index is 1.91. The Labute approximate surface area is 205 Å². The van der Waals surface area contributed by atoms with E-state index in [2.05, 4.69) is 5.32 Å². The van der Waals surface area contributed by atoms with Crippen LogP contribution >= 0.6 is 23.2 Å². The second-order valence-electron chi connectivity index (χ2n) is 8.03. The minimum Gasteiger partial charge on any atom is -0.357 e. The SMILES string of the molecule is CNC(=O)C(Cc1ccccc1)N(Cc1c(Cl)cccc1Cl)C(=O)CCc1ccc(C)cc1. The second-order valence-corrected chi connectivity index (χ2v) is 8.84. The Morgan fingerprint density at radius 1 is 0.879 bits per heavy atom. The molecule has 0 aliphatic carbocycles. The molecule has 0 spiro atoms. The van der Waals surface area contributed by atoms with Crippen molar-refractivity contribution in [1.29, 1.82) is 0 Å². The molecule has 3 aromatic carbocycles. The molecule has 0 saturated heterocycles. The highest BCUT2D eigenvalue weighted by atomic mass is 35.5. The lowest BCUT2D eigenvalue weighted by atomic mass is 10.0. The quantitative estimate of drug-likeness (QED) is 0.430. The van der Waals surface area contributed by atoms with Crippen molar-refractivity contribution in [2.24, 2.45) is 0 Å². The molecular formula is C27H28Cl2N2O2. The predicted molar refractivity (Wildman–Crippen MR) is 135 cm³/mol. The van der Waals surface area contributed by atoms with Crippen molar-refractivity contribution in [2.45, 2.75) is 38.8 Å². The van der Waals surface area contributed by atoms with Gasteiger partial charge in [-0.25, -0.2) is 0 Å². The highest BCUT2D eigenvalue weighted by Gasteiger charge is 2.30. The van der Waals surface area contributed by atoms with E-state index in [1.165, 1.54) is 5.56 Å². The molecule has 0 fully saturated rings. The average molecular weight is 483 g/mol. The van der Waals surface area contributed by atoms with Crippen LogP contribution < -0.4 is 5.32 Å². The zero-order chi connectivity index (χ0) is 23.8. The topological polar surface area (TPSA) is 49.4 Å². The molecule has 1 N–H and O–H groups in total. The summed E-state index contributed by atoms with van der Waals surface area (Å²) in [6.07, 6.45) is 1.24. The highest BCUT2D eigenvalue weighted by molar-refractivity contribution is 6.36. The van der Waals surface area contributed by atoms with Crippen LogP contribution in [0.4, 0.5) is 0 Å². The van der Waals surface area contributed by atoms with Crippen LogP contribution in [0.5, 0.6) is 0 Å². The first-order valence-corrected chi connectivity index (χ1v) is 11.7. The molecular weight excluding hydrogens is 455 g/mol. The van der Waals surface area contributed by atoms with Crippen molar-refractivity contribution < 1.29 is 9.59 Å². The van der Waals surface area contributed by atoms with Gasteiger partial charge >= 0.3 is 0 Å². The summed E-state index contributed by atoms with van der Waals surface area (Å²) in [6.45, 7) is 2.18. The van der Waals surface area contributed by atoms with Crippen molar-refractivity contribution in [3.05, 3.63) is 105 Å². The first-order chi connectivity index (χ1) is 15.9. The molecule has 0 aliphatic heterocycles. The fourth-order valence-electron chi connectivity index (χ4n) is 3.72. The lowest BCUT2D eigenvalue weighted by molar-refractivity contribution is -0.141. The summed E-state index contributed by atoms with van der Waals surface area (Å²) in [5.74, 6) is -0.359. The van der Waals surface area contributed by atoms with Gasteiger partial charge in [0.1, 0.15) is 6.04 Å². The van der Waals surface area contributed by atoms with E-state index in [1.807, 2.05) is 61.5 Å². The van der Waals surface area contributed by atoms with Gasteiger partial charge in [0.05, 0.1) is 0 Å². The van der Waals surface area contributed by atoms with Gasteiger partial charge in [-0.2, -0.15) is 0 Å². The lowest BCUT2D eigenvalue weighted by Crippen LogP contribution is -2.49. The van der Waals surface area contributed by atoms with Crippen LogP contribution in [-0.4, -0.2) is 29.8 Å². The van der Waals surface area contributed by atoms with Gasteiger partial charge < -0.3 is 10.2 Å². The molecule has 0 aromatic heterocycles. The standard InChI is InChI=1S/C27H28Cl2N2O2/c1-19-11-13-20(14-12-19)15-16-26(32)31(18-22-23(28)9-6-10-24(22)29)25(27(33)30-2)17-21-7-4-3-5-8-21/h3-14,25H,15-18H2,1-2H3,(H,30,33). The fourth-order valence-corrected chi connectivity index (χ4v) is 4.24. The number of nitrogens with one attached hydrogen (secondary N) is 1. The molecule has 4 nitrogen and oxygen atoms in total. The molecule has 2 amide bonds. The van der Waals surface area contributed by atoms with Crippen molar-refractivity contribution in [2.75, 3.05) is 7.05 Å². The lowest BCUT2D eigenvalue weighted by Gasteiger charge is -2.32. The van der Waals surface area contributed by atoms with Crippen LogP contribution in [0.2, 0.25) is 10.0 Å². The number of amides is 2. The molecule has 0 bridgehead atoms. The van der Waals surface area contributed by atoms with Gasteiger partial charge in [0.25, 0.3) is 0 Å². The van der Waals surface area contributed by atoms with E-state index in [4.69, 9.17) is 23.2 Å². The molecule has 172 valence electrons. The van der Waals surface area contributed by atoms with E-state index in [0.717, 1.165) is 11.1 Å². The second kappa shape index (κ2) is 11.9. The third kappa shape index (κ3) is 6.83. The number of carbonyl (C=O) groups is 2. The van der Waals surface area contributed by atoms with Crippen molar-refractivity contribution in [3.8, 4) is 0 Å². The predicted octanol–water partition coefficient (Wildman–Crippen LogP) is 5.62. The molecule has 3 rings (SSSR count). The Kier molecular flexibility index (Phi) is 8.93. The van der Waals surface area contributed by atoms with E-state index >= 15 is 0 Å². The van der Waals surface area contributed by atoms with Gasteiger partial charge in [0, 0.05) is 42.0 Å². The summed E-state index contributed by atoms with van der Waals surface area (Å²) in [6, 6.07) is 22.3. The monoisotopic (exact) mass is 482 g/mol. The summed E-state index contributed by atoms with van der Waals surface area (Å²) >= 11 is 12.8. The molecule has 1 unspecified atom stereocenters.